The minimum atomic E-state index is 0.327. The van der Waals surface area contributed by atoms with Crippen LogP contribution in [0.3, 0.4) is 0 Å². The quantitative estimate of drug-likeness (QED) is 0.810. The normalized spacial score (nSPS) is 42.5. The molecule has 4 aliphatic rings. The van der Waals surface area contributed by atoms with E-state index < -0.39 is 0 Å². The van der Waals surface area contributed by atoms with Crippen molar-refractivity contribution in [1.82, 2.24) is 9.80 Å². The van der Waals surface area contributed by atoms with E-state index in [0.717, 1.165) is 12.5 Å². The second kappa shape index (κ2) is 5.48. The maximum atomic E-state index is 6.28. The first-order valence-corrected chi connectivity index (χ1v) is 8.03. The summed E-state index contributed by atoms with van der Waals surface area (Å²) >= 11 is 0. The van der Waals surface area contributed by atoms with Crippen molar-refractivity contribution in [3.63, 3.8) is 0 Å². The fourth-order valence-electron chi connectivity index (χ4n) is 4.56. The zero-order chi connectivity index (χ0) is 12.4. The summed E-state index contributed by atoms with van der Waals surface area (Å²) in [6.45, 7) is 7.34. The van der Waals surface area contributed by atoms with Gasteiger partial charge in [0.25, 0.3) is 0 Å². The fourth-order valence-corrected chi connectivity index (χ4v) is 4.56. The smallest absolute Gasteiger partial charge is 0.0487 e. The Balaban J connectivity index is 1.76. The number of hydrogen-bond acceptors (Lipinski definition) is 3. The number of rotatable bonds is 2. The molecule has 4 aliphatic heterocycles. The van der Waals surface area contributed by atoms with Crippen molar-refractivity contribution in [2.24, 2.45) is 11.7 Å². The number of likely N-dealkylation sites (tertiary alicyclic amines) is 1. The van der Waals surface area contributed by atoms with Gasteiger partial charge in [0.2, 0.25) is 0 Å². The molecule has 1 atom stereocenters. The van der Waals surface area contributed by atoms with Gasteiger partial charge in [-0.15, -0.1) is 0 Å². The van der Waals surface area contributed by atoms with Gasteiger partial charge in [-0.05, 0) is 57.8 Å². The summed E-state index contributed by atoms with van der Waals surface area (Å²) in [7, 11) is 0. The van der Waals surface area contributed by atoms with E-state index in [2.05, 4.69) is 9.80 Å². The van der Waals surface area contributed by atoms with E-state index in [1.807, 2.05) is 0 Å². The van der Waals surface area contributed by atoms with Gasteiger partial charge in [0.15, 0.2) is 0 Å². The molecule has 3 nitrogen and oxygen atoms in total. The first kappa shape index (κ1) is 12.9. The van der Waals surface area contributed by atoms with Crippen molar-refractivity contribution in [3.8, 4) is 0 Å². The lowest BCUT2D eigenvalue weighted by molar-refractivity contribution is -0.0696. The minimum Gasteiger partial charge on any atom is -0.329 e. The molecule has 104 valence electrons. The second-order valence-corrected chi connectivity index (χ2v) is 6.61. The van der Waals surface area contributed by atoms with E-state index >= 15 is 0 Å². The minimum absolute atomic E-state index is 0.327. The van der Waals surface area contributed by atoms with Gasteiger partial charge in [-0.2, -0.15) is 0 Å². The van der Waals surface area contributed by atoms with Crippen molar-refractivity contribution >= 4 is 0 Å². The molecule has 0 spiro atoms. The molecular formula is C15H29N3. The van der Waals surface area contributed by atoms with E-state index in [1.54, 1.807) is 0 Å². The van der Waals surface area contributed by atoms with E-state index in [9.17, 15) is 0 Å². The van der Waals surface area contributed by atoms with Crippen molar-refractivity contribution in [1.29, 1.82) is 0 Å². The average Bonchev–Trinajstić information content (AvgIpc) is 2.39. The molecule has 4 heterocycles. The van der Waals surface area contributed by atoms with Crippen LogP contribution >= 0.6 is 0 Å². The van der Waals surface area contributed by atoms with Crippen LogP contribution in [0.15, 0.2) is 0 Å². The van der Waals surface area contributed by atoms with Crippen molar-refractivity contribution < 1.29 is 0 Å². The first-order valence-electron chi connectivity index (χ1n) is 8.03. The Morgan fingerprint density at radius 2 is 1.50 bits per heavy atom. The molecule has 1 unspecified atom stereocenters. The Morgan fingerprint density at radius 3 is 2.00 bits per heavy atom. The maximum Gasteiger partial charge on any atom is 0.0487 e. The molecular weight excluding hydrogens is 222 g/mol. The van der Waals surface area contributed by atoms with Crippen LogP contribution in [0.5, 0.6) is 0 Å². The topological polar surface area (TPSA) is 32.5 Å². The Kier molecular flexibility index (Phi) is 3.92. The number of piperidine rings is 3. The molecule has 4 saturated heterocycles. The molecule has 0 aromatic heterocycles. The Morgan fingerprint density at radius 1 is 0.889 bits per heavy atom. The second-order valence-electron chi connectivity index (χ2n) is 6.61. The molecule has 4 rings (SSSR count). The van der Waals surface area contributed by atoms with E-state index in [-0.39, 0.29) is 0 Å². The van der Waals surface area contributed by atoms with Gasteiger partial charge < -0.3 is 10.6 Å². The highest BCUT2D eigenvalue weighted by atomic mass is 15.3. The van der Waals surface area contributed by atoms with Crippen LogP contribution in [0.1, 0.15) is 44.9 Å². The van der Waals surface area contributed by atoms with Crippen LogP contribution in [0.25, 0.3) is 0 Å². The predicted molar refractivity (Wildman–Crippen MR) is 75.6 cm³/mol. The Hall–Kier alpha value is -0.120. The summed E-state index contributed by atoms with van der Waals surface area (Å²) in [4.78, 5) is 5.45. The molecule has 0 saturated carbocycles. The molecule has 0 amide bonds. The van der Waals surface area contributed by atoms with Gasteiger partial charge in [-0.25, -0.2) is 0 Å². The molecule has 2 N–H and O–H groups in total. The summed E-state index contributed by atoms with van der Waals surface area (Å²) < 4.78 is 0. The number of nitrogens with two attached hydrogens (primary N) is 1. The van der Waals surface area contributed by atoms with Gasteiger partial charge in [0, 0.05) is 18.6 Å². The third-order valence-electron chi connectivity index (χ3n) is 5.68. The standard InChI is InChI=1S/C15H29N3/c16-12-15(13-17-10-6-14(15)7-11-17)18-8-4-2-1-3-5-9-18/h14H,1-13,16H2. The highest BCUT2D eigenvalue weighted by Gasteiger charge is 2.48. The molecule has 2 bridgehead atoms. The zero-order valence-electron chi connectivity index (χ0n) is 11.7. The molecule has 0 aliphatic carbocycles. The lowest BCUT2D eigenvalue weighted by Crippen LogP contribution is -2.70. The SMILES string of the molecule is NCC1(N2CCCCCCC2)CN2CCC1CC2. The van der Waals surface area contributed by atoms with Crippen molar-refractivity contribution in [2.45, 2.75) is 50.5 Å². The average molecular weight is 251 g/mol. The van der Waals surface area contributed by atoms with Crippen LogP contribution in [0.4, 0.5) is 0 Å². The van der Waals surface area contributed by atoms with Crippen LogP contribution in [0, 0.1) is 5.92 Å². The van der Waals surface area contributed by atoms with Crippen LogP contribution in [-0.2, 0) is 0 Å². The highest BCUT2D eigenvalue weighted by molar-refractivity contribution is 5.06. The summed E-state index contributed by atoms with van der Waals surface area (Å²) in [5.41, 5.74) is 6.60. The van der Waals surface area contributed by atoms with Gasteiger partial charge in [-0.3, -0.25) is 4.90 Å². The molecule has 0 radical (unpaired) electrons. The summed E-state index contributed by atoms with van der Waals surface area (Å²) in [6, 6.07) is 0. The van der Waals surface area contributed by atoms with Gasteiger partial charge in [0.1, 0.15) is 0 Å². The predicted octanol–water partition coefficient (Wildman–Crippen LogP) is 1.68. The van der Waals surface area contributed by atoms with E-state index in [4.69, 9.17) is 5.73 Å². The monoisotopic (exact) mass is 251 g/mol. The Bertz CT molecular complexity index is 265. The summed E-state index contributed by atoms with van der Waals surface area (Å²) in [5, 5.41) is 0. The molecule has 0 aromatic carbocycles. The van der Waals surface area contributed by atoms with E-state index in [1.165, 1.54) is 77.7 Å². The molecule has 0 aromatic rings. The summed E-state index contributed by atoms with van der Waals surface area (Å²) in [6.07, 6.45) is 9.82. The van der Waals surface area contributed by atoms with Gasteiger partial charge in [-0.1, -0.05) is 19.3 Å². The highest BCUT2D eigenvalue weighted by Crippen LogP contribution is 2.39. The third-order valence-corrected chi connectivity index (χ3v) is 5.68. The first-order chi connectivity index (χ1) is 8.85. The van der Waals surface area contributed by atoms with Crippen LogP contribution < -0.4 is 5.73 Å². The third kappa shape index (κ3) is 2.21. The van der Waals surface area contributed by atoms with Crippen molar-refractivity contribution in [3.05, 3.63) is 0 Å². The lowest BCUT2D eigenvalue weighted by atomic mass is 9.71. The van der Waals surface area contributed by atoms with E-state index in [0.29, 0.717) is 5.54 Å². The number of fused-ring (bicyclic) bond motifs is 3. The molecule has 18 heavy (non-hydrogen) atoms. The largest absolute Gasteiger partial charge is 0.329 e. The van der Waals surface area contributed by atoms with Crippen LogP contribution in [0.2, 0.25) is 0 Å². The fraction of sp³-hybridized carbons (Fsp3) is 1.00. The lowest BCUT2D eigenvalue weighted by Gasteiger charge is -2.58. The van der Waals surface area contributed by atoms with Crippen LogP contribution in [-0.4, -0.2) is 54.6 Å². The molecule has 4 fully saturated rings. The van der Waals surface area contributed by atoms with Gasteiger partial charge in [0.05, 0.1) is 0 Å². The summed E-state index contributed by atoms with van der Waals surface area (Å²) in [5.74, 6) is 0.868. The number of hydrogen-bond donors (Lipinski definition) is 1. The Labute approximate surface area is 112 Å². The number of nitrogens with zero attached hydrogens (tertiary/aromatic N) is 2. The molecule has 3 heteroatoms. The zero-order valence-corrected chi connectivity index (χ0v) is 11.7. The maximum absolute atomic E-state index is 6.28. The van der Waals surface area contributed by atoms with Gasteiger partial charge >= 0.3 is 0 Å². The van der Waals surface area contributed by atoms with Crippen molar-refractivity contribution in [2.75, 3.05) is 39.3 Å².